The van der Waals surface area contributed by atoms with Gasteiger partial charge in [-0.15, -0.1) is 0 Å². The molecule has 1 aromatic rings. The average Bonchev–Trinajstić information content (AvgIpc) is 2.39. The molecule has 0 fully saturated rings. The van der Waals surface area contributed by atoms with Gasteiger partial charge in [-0.3, -0.25) is 14.9 Å². The van der Waals surface area contributed by atoms with E-state index in [2.05, 4.69) is 45.2 Å². The Kier molecular flexibility index (Phi) is 14.6. The van der Waals surface area contributed by atoms with E-state index in [4.69, 9.17) is 5.11 Å². The van der Waals surface area contributed by atoms with E-state index >= 15 is 0 Å². The van der Waals surface area contributed by atoms with Crippen molar-refractivity contribution in [2.24, 2.45) is 0 Å². The van der Waals surface area contributed by atoms with Crippen LogP contribution >= 0.6 is 40.0 Å². The van der Waals surface area contributed by atoms with Crippen LogP contribution in [0.1, 0.15) is 34.6 Å². The fourth-order valence-electron chi connectivity index (χ4n) is 1.12. The van der Waals surface area contributed by atoms with Crippen molar-refractivity contribution >= 4 is 56.9 Å². The van der Waals surface area contributed by atoms with Crippen LogP contribution in [0.5, 0.6) is 0 Å². The molecule has 0 heterocycles. The monoisotopic (exact) mass is 558 g/mol. The normalized spacial score (nSPS) is 8.38. The van der Waals surface area contributed by atoms with E-state index in [9.17, 15) is 19.7 Å². The number of halogens is 2. The predicted molar refractivity (Wildman–Crippen MR) is 96.1 cm³/mol. The summed E-state index contributed by atoms with van der Waals surface area (Å²) in [5.74, 6) is -2.08. The van der Waals surface area contributed by atoms with Gasteiger partial charge in [-0.25, -0.2) is 4.79 Å². The van der Waals surface area contributed by atoms with Gasteiger partial charge in [-0.1, -0.05) is 32.0 Å². The van der Waals surface area contributed by atoms with Crippen molar-refractivity contribution in [1.82, 2.24) is 0 Å². The molecule has 0 aliphatic carbocycles. The molecule has 0 aliphatic heterocycles. The number of nitrogens with zero attached hydrogens (tertiary/aromatic N) is 1. The van der Waals surface area contributed by atoms with Gasteiger partial charge in [0, 0.05) is 10.5 Å². The number of Topliss-reactive ketones (excluding diaryl/α,β-unsaturated/α-hetero) is 1. The molecule has 21 heavy (non-hydrogen) atoms. The first-order chi connectivity index (χ1) is 9.75. The standard InChI is InChI=1S/C9H7NO5.C2H6.CH2.2HI.V/c11-8(5-10(14)15)6-3-1-2-4-7(6)9(12)13;1-2;;;;/h1-4H,5H2,(H,12,13);1-2H3;1H2;2*1H;/q;;;;;+2/p-2. The molecule has 6 nitrogen and oxygen atoms in total. The van der Waals surface area contributed by atoms with Crippen molar-refractivity contribution in [3.8, 4) is 0 Å². The van der Waals surface area contributed by atoms with Crippen LogP contribution in [0.2, 0.25) is 0 Å². The SMILES string of the molecule is CC.O=C(O)c1ccccc1C(=O)C[N+](=O)[O-].[CH2]=[V]([I])[I]. The molecule has 0 atom stereocenters. The Morgan fingerprint density at radius 3 is 2.00 bits per heavy atom. The molecule has 0 aliphatic rings. The molecule has 0 bridgehead atoms. The molecule has 0 saturated carbocycles. The number of ketones is 1. The summed E-state index contributed by atoms with van der Waals surface area (Å²) >= 11 is 4.73. The van der Waals surface area contributed by atoms with Crippen molar-refractivity contribution in [3.05, 3.63) is 45.5 Å². The minimum absolute atomic E-state index is 0.137. The predicted octanol–water partition coefficient (Wildman–Crippen LogP) is 3.61. The molecule has 0 unspecified atom stereocenters. The van der Waals surface area contributed by atoms with Gasteiger partial charge in [-0.05, 0) is 6.07 Å². The van der Waals surface area contributed by atoms with Gasteiger partial charge in [0.15, 0.2) is 0 Å². The Morgan fingerprint density at radius 2 is 1.67 bits per heavy atom. The first kappa shape index (κ1) is 22.9. The second kappa shape index (κ2) is 13.3. The third-order valence-corrected chi connectivity index (χ3v) is 1.73. The minimum atomic E-state index is -1.28. The summed E-state index contributed by atoms with van der Waals surface area (Å²) in [5.41, 5.74) is -0.356. The number of carbonyl (C=O) groups excluding carboxylic acids is 1. The molecular formula is C12H15I2NO5V. The molecule has 0 aromatic heterocycles. The van der Waals surface area contributed by atoms with Gasteiger partial charge in [0.1, 0.15) is 0 Å². The van der Waals surface area contributed by atoms with E-state index in [0.717, 1.165) is 0 Å². The fraction of sp³-hybridized carbons (Fsp3) is 0.250. The summed E-state index contributed by atoms with van der Waals surface area (Å²) < 4.78 is 0. The number of hydrogen-bond donors (Lipinski definition) is 1. The van der Waals surface area contributed by atoms with Gasteiger partial charge in [0.2, 0.25) is 5.78 Å². The summed E-state index contributed by atoms with van der Waals surface area (Å²) in [6.07, 6.45) is 0. The first-order valence-electron chi connectivity index (χ1n) is 5.65. The van der Waals surface area contributed by atoms with Crippen LogP contribution in [0.3, 0.4) is 0 Å². The summed E-state index contributed by atoms with van der Waals surface area (Å²) in [6, 6.07) is 5.40. The van der Waals surface area contributed by atoms with Crippen molar-refractivity contribution < 1.29 is 27.5 Å². The van der Waals surface area contributed by atoms with Crippen molar-refractivity contribution in [2.75, 3.05) is 6.54 Å². The van der Waals surface area contributed by atoms with Crippen LogP contribution in [0.4, 0.5) is 0 Å². The van der Waals surface area contributed by atoms with Crippen molar-refractivity contribution in [2.45, 2.75) is 13.8 Å². The fourth-order valence-corrected chi connectivity index (χ4v) is 1.12. The van der Waals surface area contributed by atoms with Gasteiger partial charge < -0.3 is 5.11 Å². The first-order valence-corrected chi connectivity index (χ1v) is 15.6. The third kappa shape index (κ3) is 12.0. The summed E-state index contributed by atoms with van der Waals surface area (Å²) in [7, 11) is -0.498. The number of carboxylic acid groups (broad SMARTS) is 1. The third-order valence-electron chi connectivity index (χ3n) is 1.73. The Balaban J connectivity index is 0. The molecule has 0 radical (unpaired) electrons. The maximum atomic E-state index is 11.3. The number of carboxylic acids is 1. The topological polar surface area (TPSA) is 97.5 Å². The number of carbonyl (C=O) groups is 2. The maximum absolute atomic E-state index is 11.3. The molecule has 1 aromatic carbocycles. The number of benzene rings is 1. The van der Waals surface area contributed by atoms with E-state index in [0.29, 0.717) is 0 Å². The Labute approximate surface area is 149 Å². The molecular weight excluding hydrogens is 543 g/mol. The van der Waals surface area contributed by atoms with Gasteiger partial charge >= 0.3 is 59.0 Å². The van der Waals surface area contributed by atoms with Crippen LogP contribution in [0, 0.1) is 10.1 Å². The molecule has 9 heteroatoms. The van der Waals surface area contributed by atoms with Crippen LogP contribution in [0.25, 0.3) is 0 Å². The van der Waals surface area contributed by atoms with E-state index < -0.39 is 31.1 Å². The average molecular weight is 558 g/mol. The summed E-state index contributed by atoms with van der Waals surface area (Å²) in [4.78, 5) is 31.3. The van der Waals surface area contributed by atoms with Crippen LogP contribution < -0.4 is 0 Å². The number of aromatic carboxylic acids is 1. The van der Waals surface area contributed by atoms with Crippen molar-refractivity contribution in [3.63, 3.8) is 0 Å². The van der Waals surface area contributed by atoms with E-state index in [-0.39, 0.29) is 11.1 Å². The molecule has 1 N–H and O–H groups in total. The second-order valence-electron chi connectivity index (χ2n) is 3.07. The van der Waals surface area contributed by atoms with E-state index in [1.807, 2.05) is 13.8 Å². The van der Waals surface area contributed by atoms with E-state index in [1.54, 1.807) is 0 Å². The Hall–Kier alpha value is -0.326. The Morgan fingerprint density at radius 1 is 1.29 bits per heavy atom. The second-order valence-corrected chi connectivity index (χ2v) is 21.2. The van der Waals surface area contributed by atoms with Crippen molar-refractivity contribution in [1.29, 1.82) is 0 Å². The van der Waals surface area contributed by atoms with Crippen LogP contribution in [0.15, 0.2) is 24.3 Å². The zero-order valence-corrected chi connectivity index (χ0v) is 17.2. The Bertz CT molecular complexity index is 518. The van der Waals surface area contributed by atoms with E-state index in [1.165, 1.54) is 24.3 Å². The van der Waals surface area contributed by atoms with Gasteiger partial charge in [-0.2, -0.15) is 0 Å². The number of hydrogen-bond acceptors (Lipinski definition) is 4. The van der Waals surface area contributed by atoms with Gasteiger partial charge in [0.25, 0.3) is 6.54 Å². The quantitative estimate of drug-likeness (QED) is 0.264. The summed E-state index contributed by atoms with van der Waals surface area (Å²) in [6.45, 7) is 3.10. The molecule has 0 saturated heterocycles. The molecule has 1 rings (SSSR count). The molecule has 117 valence electrons. The van der Waals surface area contributed by atoms with Gasteiger partial charge in [0.05, 0.1) is 5.56 Å². The van der Waals surface area contributed by atoms with Crippen LogP contribution in [-0.4, -0.2) is 33.6 Å². The molecule has 0 amide bonds. The number of nitro groups is 1. The zero-order valence-electron chi connectivity index (χ0n) is 11.5. The number of rotatable bonds is 4. The molecule has 0 spiro atoms. The summed E-state index contributed by atoms with van der Waals surface area (Å²) in [5, 5.41) is 22.6. The van der Waals surface area contributed by atoms with Crippen LogP contribution in [-0.2, 0) is 7.89 Å². The zero-order chi connectivity index (χ0) is 17.0.